The van der Waals surface area contributed by atoms with Gasteiger partial charge in [-0.1, -0.05) is 68.5 Å². The third-order valence-corrected chi connectivity index (χ3v) is 4.17. The van der Waals surface area contributed by atoms with Crippen LogP contribution in [-0.4, -0.2) is 6.04 Å². The van der Waals surface area contributed by atoms with E-state index in [2.05, 4.69) is 97.6 Å². The molecule has 0 amide bonds. The predicted molar refractivity (Wildman–Crippen MR) is 95.5 cm³/mol. The Morgan fingerprint density at radius 3 is 1.82 bits per heavy atom. The third kappa shape index (κ3) is 3.14. The Morgan fingerprint density at radius 2 is 1.41 bits per heavy atom. The summed E-state index contributed by atoms with van der Waals surface area (Å²) in [4.78, 5) is 2.42. The first-order valence-corrected chi connectivity index (χ1v) is 8.03. The van der Waals surface area contributed by atoms with Crippen molar-refractivity contribution in [3.8, 4) is 0 Å². The van der Waals surface area contributed by atoms with Crippen molar-refractivity contribution in [2.24, 2.45) is 5.92 Å². The van der Waals surface area contributed by atoms with E-state index in [1.807, 2.05) is 0 Å². The van der Waals surface area contributed by atoms with Crippen LogP contribution in [0.3, 0.4) is 0 Å². The molecule has 3 rings (SSSR count). The summed E-state index contributed by atoms with van der Waals surface area (Å²) >= 11 is 0. The van der Waals surface area contributed by atoms with Gasteiger partial charge in [0.1, 0.15) is 0 Å². The highest BCUT2D eigenvalue weighted by atomic mass is 15.2. The van der Waals surface area contributed by atoms with Crippen molar-refractivity contribution >= 4 is 11.4 Å². The number of allylic oxidation sites excluding steroid dienone is 2. The van der Waals surface area contributed by atoms with Crippen molar-refractivity contribution in [1.82, 2.24) is 0 Å². The number of benzene rings is 2. The quantitative estimate of drug-likeness (QED) is 0.694. The van der Waals surface area contributed by atoms with Crippen molar-refractivity contribution in [3.63, 3.8) is 0 Å². The number of hydrogen-bond acceptors (Lipinski definition) is 1. The molecule has 0 heterocycles. The zero-order valence-electron chi connectivity index (χ0n) is 13.3. The van der Waals surface area contributed by atoms with Gasteiger partial charge in [-0.15, -0.1) is 0 Å². The van der Waals surface area contributed by atoms with Crippen LogP contribution in [-0.2, 0) is 0 Å². The molecule has 0 saturated carbocycles. The zero-order valence-corrected chi connectivity index (χ0v) is 13.3. The average Bonchev–Trinajstić information content (AvgIpc) is 2.57. The van der Waals surface area contributed by atoms with Crippen molar-refractivity contribution < 1.29 is 0 Å². The fourth-order valence-electron chi connectivity index (χ4n) is 2.95. The van der Waals surface area contributed by atoms with Crippen LogP contribution in [0.5, 0.6) is 0 Å². The summed E-state index contributed by atoms with van der Waals surface area (Å²) in [7, 11) is 0. The maximum absolute atomic E-state index is 2.42. The first-order valence-electron chi connectivity index (χ1n) is 8.03. The number of nitrogens with zero attached hydrogens (tertiary/aromatic N) is 1. The maximum atomic E-state index is 2.42. The smallest absolute Gasteiger partial charge is 0.0560 e. The van der Waals surface area contributed by atoms with E-state index in [-0.39, 0.29) is 0 Å². The molecule has 1 atom stereocenters. The molecule has 0 aromatic heterocycles. The summed E-state index contributed by atoms with van der Waals surface area (Å²) in [5.41, 5.74) is 3.92. The third-order valence-electron chi connectivity index (χ3n) is 4.17. The molecule has 2 aromatic carbocycles. The van der Waals surface area contributed by atoms with Crippen LogP contribution in [0.2, 0.25) is 0 Å². The topological polar surface area (TPSA) is 3.24 Å². The lowest BCUT2D eigenvalue weighted by Gasteiger charge is -2.33. The van der Waals surface area contributed by atoms with Gasteiger partial charge in [-0.05, 0) is 42.2 Å². The van der Waals surface area contributed by atoms with E-state index in [0.29, 0.717) is 12.0 Å². The fraction of sp³-hybridized carbons (Fsp3) is 0.238. The zero-order chi connectivity index (χ0) is 15.4. The molecule has 22 heavy (non-hydrogen) atoms. The van der Waals surface area contributed by atoms with Gasteiger partial charge in [-0.3, -0.25) is 0 Å². The lowest BCUT2D eigenvalue weighted by molar-refractivity contribution is 0.731. The molecule has 0 spiro atoms. The van der Waals surface area contributed by atoms with Gasteiger partial charge in [0.05, 0.1) is 6.04 Å². The number of anilines is 2. The summed E-state index contributed by atoms with van der Waals surface area (Å²) in [6.45, 7) is 4.51. The van der Waals surface area contributed by atoms with Crippen molar-refractivity contribution in [2.75, 3.05) is 4.90 Å². The highest BCUT2D eigenvalue weighted by molar-refractivity contribution is 5.65. The summed E-state index contributed by atoms with van der Waals surface area (Å²) in [6.07, 6.45) is 8.06. The van der Waals surface area contributed by atoms with Gasteiger partial charge in [0.15, 0.2) is 0 Å². The summed E-state index contributed by atoms with van der Waals surface area (Å²) in [6, 6.07) is 21.7. The highest BCUT2D eigenvalue weighted by Crippen LogP contribution is 2.31. The molecule has 1 aliphatic rings. The molecular formula is C21H23N. The fourth-order valence-corrected chi connectivity index (χ4v) is 2.95. The Morgan fingerprint density at radius 1 is 0.864 bits per heavy atom. The molecule has 0 radical (unpaired) electrons. The molecule has 0 saturated heterocycles. The van der Waals surface area contributed by atoms with Gasteiger partial charge in [-0.2, -0.15) is 0 Å². The normalized spacial score (nSPS) is 17.4. The van der Waals surface area contributed by atoms with Gasteiger partial charge in [0.25, 0.3) is 0 Å². The Hall–Kier alpha value is -2.28. The van der Waals surface area contributed by atoms with E-state index >= 15 is 0 Å². The number of para-hydroxylation sites is 2. The first-order chi connectivity index (χ1) is 10.8. The molecule has 0 bridgehead atoms. The van der Waals surface area contributed by atoms with Gasteiger partial charge in [0.2, 0.25) is 0 Å². The van der Waals surface area contributed by atoms with Crippen molar-refractivity contribution in [2.45, 2.75) is 26.3 Å². The molecule has 1 aliphatic carbocycles. The van der Waals surface area contributed by atoms with E-state index in [1.165, 1.54) is 16.9 Å². The monoisotopic (exact) mass is 289 g/mol. The second kappa shape index (κ2) is 6.65. The summed E-state index contributed by atoms with van der Waals surface area (Å²) in [5, 5.41) is 0. The van der Waals surface area contributed by atoms with Crippen LogP contribution < -0.4 is 4.90 Å². The molecule has 1 heteroatoms. The predicted octanol–water partition coefficient (Wildman–Crippen LogP) is 5.74. The van der Waals surface area contributed by atoms with E-state index < -0.39 is 0 Å². The van der Waals surface area contributed by atoms with Gasteiger partial charge >= 0.3 is 0 Å². The number of rotatable bonds is 4. The Labute approximate surface area is 133 Å². The Kier molecular flexibility index (Phi) is 4.43. The Bertz CT molecular complexity index is 613. The molecule has 0 aliphatic heterocycles. The van der Waals surface area contributed by atoms with Crippen LogP contribution in [0.15, 0.2) is 84.5 Å². The van der Waals surface area contributed by atoms with Crippen LogP contribution in [0.4, 0.5) is 11.4 Å². The minimum atomic E-state index is 0.368. The molecule has 112 valence electrons. The van der Waals surface area contributed by atoms with E-state index in [4.69, 9.17) is 0 Å². The SMILES string of the molecule is CC(C)C1=CCC(N(c2ccccc2)c2ccccc2)C=C1. The second-order valence-corrected chi connectivity index (χ2v) is 6.06. The minimum Gasteiger partial charge on any atom is -0.334 e. The maximum Gasteiger partial charge on any atom is 0.0560 e. The highest BCUT2D eigenvalue weighted by Gasteiger charge is 2.20. The van der Waals surface area contributed by atoms with E-state index in [0.717, 1.165) is 6.42 Å². The minimum absolute atomic E-state index is 0.368. The second-order valence-electron chi connectivity index (χ2n) is 6.06. The van der Waals surface area contributed by atoms with Crippen molar-refractivity contribution in [1.29, 1.82) is 0 Å². The van der Waals surface area contributed by atoms with E-state index in [9.17, 15) is 0 Å². The lowest BCUT2D eigenvalue weighted by atomic mass is 9.94. The molecule has 1 unspecified atom stereocenters. The van der Waals surface area contributed by atoms with Gasteiger partial charge in [0, 0.05) is 11.4 Å². The summed E-state index contributed by atoms with van der Waals surface area (Å²) < 4.78 is 0. The van der Waals surface area contributed by atoms with Crippen LogP contribution in [0.1, 0.15) is 20.3 Å². The molecule has 0 fully saturated rings. The molecule has 0 N–H and O–H groups in total. The van der Waals surface area contributed by atoms with Gasteiger partial charge in [-0.25, -0.2) is 0 Å². The summed E-state index contributed by atoms with van der Waals surface area (Å²) in [5.74, 6) is 0.596. The Balaban J connectivity index is 1.93. The molecular weight excluding hydrogens is 266 g/mol. The largest absolute Gasteiger partial charge is 0.334 e. The standard InChI is InChI=1S/C21H23N/c1-17(2)18-13-15-21(16-14-18)22(19-9-5-3-6-10-19)20-11-7-4-8-12-20/h3-15,17,21H,16H2,1-2H3. The first kappa shape index (κ1) is 14.6. The average molecular weight is 289 g/mol. The lowest BCUT2D eigenvalue weighted by Crippen LogP contribution is -2.30. The molecule has 2 aromatic rings. The van der Waals surface area contributed by atoms with Crippen LogP contribution in [0.25, 0.3) is 0 Å². The van der Waals surface area contributed by atoms with Crippen molar-refractivity contribution in [3.05, 3.63) is 84.5 Å². The van der Waals surface area contributed by atoms with Crippen LogP contribution in [0, 0.1) is 5.92 Å². The van der Waals surface area contributed by atoms with E-state index in [1.54, 1.807) is 0 Å². The van der Waals surface area contributed by atoms with Crippen LogP contribution >= 0.6 is 0 Å². The van der Waals surface area contributed by atoms with Gasteiger partial charge < -0.3 is 4.90 Å². The molecule has 1 nitrogen and oxygen atoms in total. The number of hydrogen-bond donors (Lipinski definition) is 0.